The van der Waals surface area contributed by atoms with Crippen LogP contribution in [0.4, 0.5) is 11.6 Å². The van der Waals surface area contributed by atoms with E-state index in [1.807, 2.05) is 0 Å². The smallest absolute Gasteiger partial charge is 0.281 e. The number of rotatable bonds is 5. The molecule has 1 fully saturated rings. The van der Waals surface area contributed by atoms with Gasteiger partial charge in [-0.15, -0.1) is 0 Å². The van der Waals surface area contributed by atoms with E-state index in [1.165, 1.54) is 18.2 Å². The highest BCUT2D eigenvalue weighted by atomic mass is 32.2. The molecular weight excluding hydrogens is 440 g/mol. The third-order valence-corrected chi connectivity index (χ3v) is 7.28. The van der Waals surface area contributed by atoms with Gasteiger partial charge in [0.25, 0.3) is 15.9 Å². The van der Waals surface area contributed by atoms with Gasteiger partial charge in [0, 0.05) is 18.6 Å². The van der Waals surface area contributed by atoms with Crippen LogP contribution in [0, 0.1) is 5.92 Å². The fraction of sp³-hybridized carbons (Fsp3) is 0.435. The van der Waals surface area contributed by atoms with Crippen molar-refractivity contribution in [2.24, 2.45) is 5.92 Å². The Bertz CT molecular complexity index is 1210. The summed E-state index contributed by atoms with van der Waals surface area (Å²) in [6.07, 6.45) is 4.00. The number of hydrogen-bond donors (Lipinski definition) is 3. The zero-order chi connectivity index (χ0) is 23.8. The zero-order valence-corrected chi connectivity index (χ0v) is 19.9. The highest BCUT2D eigenvalue weighted by Crippen LogP contribution is 2.38. The number of sulfonamides is 1. The lowest BCUT2D eigenvalue weighted by Crippen LogP contribution is -2.41. The minimum absolute atomic E-state index is 0.0548. The molecule has 0 saturated carbocycles. The van der Waals surface area contributed by atoms with Gasteiger partial charge in [0.1, 0.15) is 11.6 Å². The predicted molar refractivity (Wildman–Crippen MR) is 128 cm³/mol. The van der Waals surface area contributed by atoms with Crippen molar-refractivity contribution in [1.29, 1.82) is 0 Å². The number of amides is 1. The van der Waals surface area contributed by atoms with Crippen molar-refractivity contribution in [3.05, 3.63) is 47.7 Å². The summed E-state index contributed by atoms with van der Waals surface area (Å²) in [6.45, 7) is 8.73. The summed E-state index contributed by atoms with van der Waals surface area (Å²) in [4.78, 5) is 24.0. The summed E-state index contributed by atoms with van der Waals surface area (Å²) >= 11 is 0. The lowest BCUT2D eigenvalue weighted by atomic mass is 9.97. The van der Waals surface area contributed by atoms with Crippen LogP contribution >= 0.6 is 0 Å². The minimum Gasteiger partial charge on any atom is -0.384 e. The molecule has 176 valence electrons. The monoisotopic (exact) mass is 470 g/mol. The molecule has 2 aliphatic heterocycles. The van der Waals surface area contributed by atoms with E-state index < -0.39 is 15.9 Å². The Morgan fingerprint density at radius 1 is 1.24 bits per heavy atom. The highest BCUT2D eigenvalue weighted by molar-refractivity contribution is 7.90. The van der Waals surface area contributed by atoms with E-state index in [1.54, 1.807) is 12.1 Å². The van der Waals surface area contributed by atoms with Gasteiger partial charge in [-0.2, -0.15) is 8.42 Å². The lowest BCUT2D eigenvalue weighted by molar-refractivity contribution is 0.0981. The lowest BCUT2D eigenvalue weighted by Gasteiger charge is -2.34. The van der Waals surface area contributed by atoms with E-state index in [0.717, 1.165) is 37.2 Å². The van der Waals surface area contributed by atoms with Crippen molar-refractivity contribution >= 4 is 33.1 Å². The zero-order valence-electron chi connectivity index (χ0n) is 19.1. The molecule has 1 amide bonds. The van der Waals surface area contributed by atoms with Crippen molar-refractivity contribution in [2.45, 2.75) is 44.2 Å². The molecule has 33 heavy (non-hydrogen) atoms. The molecule has 2 aliphatic rings. The number of anilines is 2. The SMILES string of the molecule is C[C@@H]1CN(c2nc(C3=CCCNC3)ccc2C(=O)NS(=O)(=O)c2cccc(N)n2)C(C)(C)C1. The van der Waals surface area contributed by atoms with E-state index in [0.29, 0.717) is 18.3 Å². The number of nitrogens with one attached hydrogen (secondary N) is 2. The summed E-state index contributed by atoms with van der Waals surface area (Å²) < 4.78 is 27.7. The quantitative estimate of drug-likeness (QED) is 0.606. The summed E-state index contributed by atoms with van der Waals surface area (Å²) in [7, 11) is -4.20. The Labute approximate surface area is 194 Å². The van der Waals surface area contributed by atoms with Crippen LogP contribution in [0.25, 0.3) is 5.57 Å². The molecule has 2 aromatic heterocycles. The molecule has 10 heteroatoms. The van der Waals surface area contributed by atoms with Crippen LogP contribution in [-0.4, -0.2) is 49.5 Å². The molecule has 0 unspecified atom stereocenters. The maximum absolute atomic E-state index is 13.2. The van der Waals surface area contributed by atoms with Gasteiger partial charge in [0.2, 0.25) is 0 Å². The first-order chi connectivity index (χ1) is 15.6. The average molecular weight is 471 g/mol. The molecule has 0 spiro atoms. The van der Waals surface area contributed by atoms with Gasteiger partial charge in [0.05, 0.1) is 11.3 Å². The fourth-order valence-corrected chi connectivity index (χ4v) is 5.56. The molecule has 1 atom stereocenters. The molecule has 4 rings (SSSR count). The number of aromatic nitrogens is 2. The average Bonchev–Trinajstić information content (AvgIpc) is 3.05. The molecular formula is C23H30N6O3S. The molecule has 0 bridgehead atoms. The van der Waals surface area contributed by atoms with Crippen LogP contribution in [0.2, 0.25) is 0 Å². The van der Waals surface area contributed by atoms with Gasteiger partial charge < -0.3 is 16.0 Å². The standard InChI is InChI=1S/C23H30N6O3S/c1-15-12-23(2,3)29(14-15)21-17(9-10-18(26-21)16-6-5-11-25-13-16)22(30)28-33(31,32)20-8-4-7-19(24)27-20/h4,6-10,15,25H,5,11-14H2,1-3H3,(H2,24,27)(H,28,30)/t15-/m0/s1. The second kappa shape index (κ2) is 8.75. The summed E-state index contributed by atoms with van der Waals surface area (Å²) in [5, 5.41) is 3.03. The summed E-state index contributed by atoms with van der Waals surface area (Å²) in [5.41, 5.74) is 7.44. The van der Waals surface area contributed by atoms with Crippen LogP contribution in [0.3, 0.4) is 0 Å². The van der Waals surface area contributed by atoms with Gasteiger partial charge in [-0.25, -0.2) is 14.7 Å². The van der Waals surface area contributed by atoms with E-state index in [2.05, 4.69) is 46.8 Å². The van der Waals surface area contributed by atoms with E-state index in [9.17, 15) is 13.2 Å². The molecule has 4 N–H and O–H groups in total. The highest BCUT2D eigenvalue weighted by Gasteiger charge is 2.39. The van der Waals surface area contributed by atoms with Crippen LogP contribution in [0.5, 0.6) is 0 Å². The van der Waals surface area contributed by atoms with Gasteiger partial charge >= 0.3 is 0 Å². The van der Waals surface area contributed by atoms with Gasteiger partial charge in [-0.1, -0.05) is 19.1 Å². The van der Waals surface area contributed by atoms with Crippen molar-refractivity contribution < 1.29 is 13.2 Å². The third kappa shape index (κ3) is 4.86. The normalized spacial score (nSPS) is 20.4. The Hall–Kier alpha value is -2.98. The second-order valence-electron chi connectivity index (χ2n) is 9.33. The molecule has 9 nitrogen and oxygen atoms in total. The number of nitrogens with two attached hydrogens (primary N) is 1. The van der Waals surface area contributed by atoms with Gasteiger partial charge in [-0.3, -0.25) is 4.79 Å². The van der Waals surface area contributed by atoms with Crippen molar-refractivity contribution in [2.75, 3.05) is 30.3 Å². The number of carbonyl (C=O) groups excluding carboxylic acids is 1. The largest absolute Gasteiger partial charge is 0.384 e. The van der Waals surface area contributed by atoms with Gasteiger partial charge in [0.15, 0.2) is 5.03 Å². The first-order valence-electron chi connectivity index (χ1n) is 11.1. The number of nitrogen functional groups attached to an aromatic ring is 1. The summed E-state index contributed by atoms with van der Waals surface area (Å²) in [5.74, 6) is 0.206. The Morgan fingerprint density at radius 2 is 2.03 bits per heavy atom. The van der Waals surface area contributed by atoms with E-state index in [4.69, 9.17) is 10.7 Å². The molecule has 4 heterocycles. The fourth-order valence-electron chi connectivity index (χ4n) is 4.62. The van der Waals surface area contributed by atoms with Crippen LogP contribution in [0.15, 0.2) is 41.4 Å². The third-order valence-electron chi connectivity index (χ3n) is 6.05. The maximum Gasteiger partial charge on any atom is 0.281 e. The van der Waals surface area contributed by atoms with Crippen LogP contribution < -0.4 is 20.7 Å². The first-order valence-corrected chi connectivity index (χ1v) is 12.5. The second-order valence-corrected chi connectivity index (χ2v) is 11.0. The minimum atomic E-state index is -4.20. The number of pyridine rings is 2. The van der Waals surface area contributed by atoms with Crippen molar-refractivity contribution in [3.8, 4) is 0 Å². The van der Waals surface area contributed by atoms with Crippen LogP contribution in [0.1, 0.15) is 49.7 Å². The first kappa shape index (κ1) is 23.2. The van der Waals surface area contributed by atoms with Gasteiger partial charge in [-0.05, 0) is 69.0 Å². The number of nitrogens with zero attached hydrogens (tertiary/aromatic N) is 3. The van der Waals surface area contributed by atoms with Crippen LogP contribution in [-0.2, 0) is 10.0 Å². The molecule has 0 radical (unpaired) electrons. The molecule has 2 aromatic rings. The molecule has 0 aromatic carbocycles. The Balaban J connectivity index is 1.74. The Kier molecular flexibility index (Phi) is 6.15. The molecule has 0 aliphatic carbocycles. The number of carbonyl (C=O) groups is 1. The van der Waals surface area contributed by atoms with Crippen molar-refractivity contribution in [1.82, 2.24) is 20.0 Å². The summed E-state index contributed by atoms with van der Waals surface area (Å²) in [6, 6.07) is 7.68. The Morgan fingerprint density at radius 3 is 2.67 bits per heavy atom. The van der Waals surface area contributed by atoms with Crippen molar-refractivity contribution in [3.63, 3.8) is 0 Å². The molecule has 1 saturated heterocycles. The number of hydrogen-bond acceptors (Lipinski definition) is 8. The van der Waals surface area contributed by atoms with E-state index >= 15 is 0 Å². The topological polar surface area (TPSA) is 130 Å². The predicted octanol–water partition coefficient (Wildman–Crippen LogP) is 2.18. The maximum atomic E-state index is 13.2. The van der Waals surface area contributed by atoms with E-state index in [-0.39, 0.29) is 21.9 Å².